The van der Waals surface area contributed by atoms with E-state index in [4.69, 9.17) is 9.15 Å². The molecule has 1 aliphatic rings. The van der Waals surface area contributed by atoms with Crippen LogP contribution in [0.15, 0.2) is 40.8 Å². The maximum absolute atomic E-state index is 13.0. The summed E-state index contributed by atoms with van der Waals surface area (Å²) in [5.41, 5.74) is 0.102. The molecule has 1 fully saturated rings. The zero-order chi connectivity index (χ0) is 26.4. The monoisotopic (exact) mass is 545 g/mol. The van der Waals surface area contributed by atoms with Crippen LogP contribution in [0.3, 0.4) is 0 Å². The number of rotatable bonds is 8. The molecular formula is C23H22F3NO7S2. The van der Waals surface area contributed by atoms with Gasteiger partial charge in [-0.3, -0.25) is 8.86 Å². The Hall–Kier alpha value is -2.90. The molecule has 4 rings (SSSR count). The number of hydrogen-bond donors (Lipinski definition) is 1. The van der Waals surface area contributed by atoms with E-state index in [0.717, 1.165) is 35.5 Å². The number of benzene rings is 2. The van der Waals surface area contributed by atoms with Crippen molar-refractivity contribution in [2.24, 2.45) is 0 Å². The number of sulfone groups is 1. The van der Waals surface area contributed by atoms with Crippen molar-refractivity contribution in [1.82, 2.24) is 0 Å². The van der Waals surface area contributed by atoms with E-state index in [1.54, 1.807) is 13.0 Å². The summed E-state index contributed by atoms with van der Waals surface area (Å²) < 4.78 is 96.8. The van der Waals surface area contributed by atoms with Gasteiger partial charge in [-0.15, -0.1) is 0 Å². The highest BCUT2D eigenvalue weighted by Gasteiger charge is 2.34. The molecule has 1 N–H and O–H groups in total. The zero-order valence-electron chi connectivity index (χ0n) is 19.2. The van der Waals surface area contributed by atoms with Gasteiger partial charge in [0, 0.05) is 23.3 Å². The number of fused-ring (bicyclic) bond motifs is 1. The molecule has 1 heterocycles. The number of alkyl halides is 3. The first-order valence-corrected chi connectivity index (χ1v) is 13.9. The summed E-state index contributed by atoms with van der Waals surface area (Å²) in [4.78, 5) is 12.9. The quantitative estimate of drug-likeness (QED) is 0.309. The van der Waals surface area contributed by atoms with Crippen LogP contribution in [0, 0.1) is 0 Å². The van der Waals surface area contributed by atoms with Crippen molar-refractivity contribution in [1.29, 1.82) is 0 Å². The van der Waals surface area contributed by atoms with Crippen molar-refractivity contribution in [3.63, 3.8) is 0 Å². The Balaban J connectivity index is 1.95. The molecule has 0 saturated heterocycles. The van der Waals surface area contributed by atoms with Crippen LogP contribution >= 0.6 is 0 Å². The highest BCUT2D eigenvalue weighted by molar-refractivity contribution is 7.92. The fraction of sp³-hybridized carbons (Fsp3) is 0.348. The first-order chi connectivity index (χ1) is 16.8. The number of carbonyl (C=O) groups excluding carboxylic acids is 1. The Bertz CT molecular complexity index is 1440. The maximum Gasteiger partial charge on any atom is 0.416 e. The molecule has 194 valence electrons. The van der Waals surface area contributed by atoms with Crippen molar-refractivity contribution in [2.75, 3.05) is 23.0 Å². The molecule has 0 spiro atoms. The molecule has 1 aromatic heterocycles. The summed E-state index contributed by atoms with van der Waals surface area (Å²) in [6.45, 7) is 1.64. The van der Waals surface area contributed by atoms with Gasteiger partial charge < -0.3 is 9.15 Å². The molecule has 1 aliphatic carbocycles. The molecular weight excluding hydrogens is 523 g/mol. The smallest absolute Gasteiger partial charge is 0.416 e. The van der Waals surface area contributed by atoms with Gasteiger partial charge in [0.25, 0.3) is 11.3 Å². The van der Waals surface area contributed by atoms with E-state index in [2.05, 4.69) is 0 Å². The Kier molecular flexibility index (Phi) is 6.92. The van der Waals surface area contributed by atoms with Crippen LogP contribution < -0.4 is 4.31 Å². The molecule has 0 bridgehead atoms. The Morgan fingerprint density at radius 2 is 1.86 bits per heavy atom. The number of ether oxygens (including phenoxy) is 1. The lowest BCUT2D eigenvalue weighted by atomic mass is 10.0. The lowest BCUT2D eigenvalue weighted by molar-refractivity contribution is -0.137. The third-order valence-corrected chi connectivity index (χ3v) is 7.21. The highest BCUT2D eigenvalue weighted by Crippen LogP contribution is 2.48. The van der Waals surface area contributed by atoms with E-state index >= 15 is 0 Å². The van der Waals surface area contributed by atoms with Gasteiger partial charge in [-0.2, -0.15) is 13.2 Å². The van der Waals surface area contributed by atoms with Crippen molar-refractivity contribution in [2.45, 2.75) is 31.9 Å². The summed E-state index contributed by atoms with van der Waals surface area (Å²) in [5, 5.41) is 0.303. The Morgan fingerprint density at radius 1 is 1.22 bits per heavy atom. The number of esters is 1. The van der Waals surface area contributed by atoms with Gasteiger partial charge in [0.15, 0.2) is 9.84 Å². The van der Waals surface area contributed by atoms with Gasteiger partial charge in [-0.25, -0.2) is 17.4 Å². The SMILES string of the molecule is CCOC(=O)c1c(-c2ccc(C(F)(F)F)cc2)oc2cc(N(CS(C)(=O)=O)S(=O)O)c(C3CC3)cc12. The molecule has 8 nitrogen and oxygen atoms in total. The molecule has 0 radical (unpaired) electrons. The first kappa shape index (κ1) is 26.2. The third-order valence-electron chi connectivity index (χ3n) is 5.62. The molecule has 2 aromatic carbocycles. The second kappa shape index (κ2) is 9.52. The Labute approximate surface area is 207 Å². The lowest BCUT2D eigenvalue weighted by Gasteiger charge is -2.22. The van der Waals surface area contributed by atoms with Crippen molar-refractivity contribution in [3.05, 3.63) is 53.1 Å². The summed E-state index contributed by atoms with van der Waals surface area (Å²) in [5.74, 6) is -1.55. The maximum atomic E-state index is 13.0. The number of furan rings is 1. The second-order valence-electron chi connectivity index (χ2n) is 8.45. The van der Waals surface area contributed by atoms with Crippen LogP contribution in [0.25, 0.3) is 22.3 Å². The summed E-state index contributed by atoms with van der Waals surface area (Å²) in [6.07, 6.45) is -2.12. The van der Waals surface area contributed by atoms with Crippen LogP contribution in [-0.4, -0.2) is 41.9 Å². The molecule has 13 heteroatoms. The van der Waals surface area contributed by atoms with Crippen molar-refractivity contribution in [3.8, 4) is 11.3 Å². The van der Waals surface area contributed by atoms with Crippen LogP contribution in [0.4, 0.5) is 18.9 Å². The number of nitrogens with zero attached hydrogens (tertiary/aromatic N) is 1. The standard InChI is InChI=1S/C23H22F3NO7S2/c1-3-33-22(28)20-17-10-16(13-4-5-13)18(27(35(29)30)12-36(2,31)32)11-19(17)34-21(20)14-6-8-15(9-7-14)23(24,25)26/h6-11,13H,3-5,12H2,1-2H3,(H,29,30). The van der Waals surface area contributed by atoms with E-state index in [0.29, 0.717) is 10.9 Å². The molecule has 0 aliphatic heterocycles. The average Bonchev–Trinajstić information content (AvgIpc) is 3.55. The van der Waals surface area contributed by atoms with E-state index in [9.17, 15) is 35.1 Å². The van der Waals surface area contributed by atoms with Crippen molar-refractivity contribution >= 4 is 43.7 Å². The van der Waals surface area contributed by atoms with Gasteiger partial charge >= 0.3 is 12.1 Å². The average molecular weight is 546 g/mol. The molecule has 1 saturated carbocycles. The van der Waals surface area contributed by atoms with Crippen LogP contribution in [0.2, 0.25) is 0 Å². The number of anilines is 1. The zero-order valence-corrected chi connectivity index (χ0v) is 20.8. The summed E-state index contributed by atoms with van der Waals surface area (Å²) in [6, 6.07) is 7.03. The van der Waals surface area contributed by atoms with E-state index in [1.807, 2.05) is 0 Å². The van der Waals surface area contributed by atoms with Crippen LogP contribution in [0.5, 0.6) is 0 Å². The van der Waals surface area contributed by atoms with E-state index in [1.165, 1.54) is 18.2 Å². The fourth-order valence-corrected chi connectivity index (χ4v) is 5.74. The summed E-state index contributed by atoms with van der Waals surface area (Å²) >= 11 is -2.69. The largest absolute Gasteiger partial charge is 0.462 e. The van der Waals surface area contributed by atoms with Gasteiger partial charge in [0.1, 0.15) is 22.8 Å². The van der Waals surface area contributed by atoms with Crippen LogP contribution in [0.1, 0.15) is 47.2 Å². The van der Waals surface area contributed by atoms with Gasteiger partial charge in [-0.1, -0.05) is 12.1 Å². The predicted octanol–water partition coefficient (Wildman–Crippen LogP) is 5.12. The second-order valence-corrected chi connectivity index (χ2v) is 11.5. The van der Waals surface area contributed by atoms with Gasteiger partial charge in [-0.05, 0) is 49.4 Å². The molecule has 36 heavy (non-hydrogen) atoms. The molecule has 3 aromatic rings. The molecule has 1 atom stereocenters. The Morgan fingerprint density at radius 3 is 2.36 bits per heavy atom. The van der Waals surface area contributed by atoms with E-state index < -0.39 is 44.7 Å². The topological polar surface area (TPSA) is 114 Å². The number of carbonyl (C=O) groups is 1. The van der Waals surface area contributed by atoms with Crippen LogP contribution in [-0.2, 0) is 32.0 Å². The first-order valence-electron chi connectivity index (χ1n) is 10.8. The van der Waals surface area contributed by atoms with E-state index in [-0.39, 0.29) is 40.7 Å². The van der Waals surface area contributed by atoms with Crippen molar-refractivity contribution < 1.29 is 44.3 Å². The number of halogens is 3. The normalized spacial score (nSPS) is 15.2. The minimum absolute atomic E-state index is 0.000146. The summed E-state index contributed by atoms with van der Waals surface area (Å²) in [7, 11) is -3.70. The highest BCUT2D eigenvalue weighted by atomic mass is 32.2. The predicted molar refractivity (Wildman–Crippen MR) is 128 cm³/mol. The lowest BCUT2D eigenvalue weighted by Crippen LogP contribution is -2.31. The third kappa shape index (κ3) is 5.42. The minimum Gasteiger partial charge on any atom is -0.462 e. The molecule has 1 unspecified atom stereocenters. The fourth-order valence-electron chi connectivity index (χ4n) is 3.92. The number of hydrogen-bond acceptors (Lipinski definition) is 6. The van der Waals surface area contributed by atoms with Gasteiger partial charge in [0.05, 0.1) is 17.9 Å². The minimum atomic E-state index is -4.55. The molecule has 0 amide bonds. The van der Waals surface area contributed by atoms with Gasteiger partial charge in [0.2, 0.25) is 0 Å².